The Bertz CT molecular complexity index is 978. The molecule has 1 amide bonds. The molecule has 0 atom stereocenters. The van der Waals surface area contributed by atoms with Crippen LogP contribution in [0.4, 0.5) is 0 Å². The number of nitrogens with zero attached hydrogens (tertiary/aromatic N) is 1. The number of hydrogen-bond acceptors (Lipinski definition) is 3. The molecule has 5 nitrogen and oxygen atoms in total. The van der Waals surface area contributed by atoms with Gasteiger partial charge in [-0.05, 0) is 61.1 Å². The highest BCUT2D eigenvalue weighted by Gasteiger charge is 2.45. The summed E-state index contributed by atoms with van der Waals surface area (Å²) in [5.41, 5.74) is 1.39. The zero-order chi connectivity index (χ0) is 20.5. The molecule has 1 heterocycles. The summed E-state index contributed by atoms with van der Waals surface area (Å²) in [6.45, 7) is 1.55. The van der Waals surface area contributed by atoms with E-state index >= 15 is 0 Å². The topological polar surface area (TPSA) is 66.5 Å². The Morgan fingerprint density at radius 1 is 0.966 bits per heavy atom. The van der Waals surface area contributed by atoms with Gasteiger partial charge in [0.25, 0.3) is 0 Å². The van der Waals surface area contributed by atoms with Crippen LogP contribution in [-0.4, -0.2) is 31.7 Å². The number of benzene rings is 2. The summed E-state index contributed by atoms with van der Waals surface area (Å²) in [4.78, 5) is 13.3. The van der Waals surface area contributed by atoms with E-state index in [1.165, 1.54) is 4.31 Å². The average Bonchev–Trinajstić information content (AvgIpc) is 3.23. The molecular weight excluding hydrogens is 408 g/mol. The number of hydrogen-bond donors (Lipinski definition) is 1. The van der Waals surface area contributed by atoms with Crippen LogP contribution in [-0.2, 0) is 26.8 Å². The van der Waals surface area contributed by atoms with E-state index in [1.54, 1.807) is 24.3 Å². The molecule has 1 N–H and O–H groups in total. The molecule has 7 heteroatoms. The lowest BCUT2D eigenvalue weighted by atomic mass is 9.64. The lowest BCUT2D eigenvalue weighted by Crippen LogP contribution is -2.48. The van der Waals surface area contributed by atoms with Gasteiger partial charge < -0.3 is 5.32 Å². The first-order chi connectivity index (χ1) is 13.9. The van der Waals surface area contributed by atoms with Crippen molar-refractivity contribution in [3.05, 3.63) is 64.7 Å². The van der Waals surface area contributed by atoms with Gasteiger partial charge in [0.15, 0.2) is 0 Å². The Hall–Kier alpha value is -1.89. The Kier molecular flexibility index (Phi) is 5.69. The molecule has 29 heavy (non-hydrogen) atoms. The minimum atomic E-state index is -3.41. The van der Waals surface area contributed by atoms with E-state index in [1.807, 2.05) is 24.3 Å². The summed E-state index contributed by atoms with van der Waals surface area (Å²) < 4.78 is 26.8. The van der Waals surface area contributed by atoms with Gasteiger partial charge in [0.05, 0.1) is 10.3 Å². The maximum atomic E-state index is 13.0. The van der Waals surface area contributed by atoms with Crippen molar-refractivity contribution >= 4 is 27.5 Å². The van der Waals surface area contributed by atoms with Crippen molar-refractivity contribution in [3.8, 4) is 0 Å². The molecule has 0 bridgehead atoms. The van der Waals surface area contributed by atoms with E-state index in [-0.39, 0.29) is 5.91 Å². The third-order valence-electron chi connectivity index (χ3n) is 6.12. The molecule has 0 radical (unpaired) electrons. The molecule has 154 valence electrons. The lowest BCUT2D eigenvalue weighted by molar-refractivity contribution is -0.130. The Labute approximate surface area is 177 Å². The molecule has 2 aliphatic rings. The SMILES string of the molecule is O=C(NCc1ccc(S(=O)(=O)N2CCCC2)cc1)C1(c2ccc(Cl)cc2)CCC1. The van der Waals surface area contributed by atoms with Crippen molar-refractivity contribution in [1.82, 2.24) is 9.62 Å². The summed E-state index contributed by atoms with van der Waals surface area (Å²) in [6.07, 6.45) is 4.51. The highest BCUT2D eigenvalue weighted by molar-refractivity contribution is 7.89. The number of carbonyl (C=O) groups is 1. The van der Waals surface area contributed by atoms with Gasteiger partial charge in [-0.3, -0.25) is 4.79 Å². The van der Waals surface area contributed by atoms with Gasteiger partial charge in [-0.1, -0.05) is 42.3 Å². The number of rotatable bonds is 6. The van der Waals surface area contributed by atoms with E-state index in [0.717, 1.165) is 43.2 Å². The number of amides is 1. The highest BCUT2D eigenvalue weighted by Crippen LogP contribution is 2.44. The Morgan fingerprint density at radius 2 is 1.59 bits per heavy atom. The van der Waals surface area contributed by atoms with E-state index in [9.17, 15) is 13.2 Å². The second kappa shape index (κ2) is 8.09. The van der Waals surface area contributed by atoms with Crippen LogP contribution >= 0.6 is 11.6 Å². The molecule has 1 saturated carbocycles. The van der Waals surface area contributed by atoms with Crippen molar-refractivity contribution in [2.75, 3.05) is 13.1 Å². The van der Waals surface area contributed by atoms with Crippen LogP contribution in [0.5, 0.6) is 0 Å². The largest absolute Gasteiger partial charge is 0.351 e. The highest BCUT2D eigenvalue weighted by atomic mass is 35.5. The van der Waals surface area contributed by atoms with E-state index in [2.05, 4.69) is 5.32 Å². The summed E-state index contributed by atoms with van der Waals surface area (Å²) in [5, 5.41) is 3.70. The maximum Gasteiger partial charge on any atom is 0.243 e. The van der Waals surface area contributed by atoms with Crippen molar-refractivity contribution in [3.63, 3.8) is 0 Å². The Morgan fingerprint density at radius 3 is 2.14 bits per heavy atom. The molecule has 4 rings (SSSR count). The van der Waals surface area contributed by atoms with Crippen molar-refractivity contribution in [1.29, 1.82) is 0 Å². The third kappa shape index (κ3) is 3.93. The maximum absolute atomic E-state index is 13.0. The lowest BCUT2D eigenvalue weighted by Gasteiger charge is -2.40. The minimum Gasteiger partial charge on any atom is -0.351 e. The first-order valence-corrected chi connectivity index (χ1v) is 11.9. The fourth-order valence-corrected chi connectivity index (χ4v) is 5.80. The zero-order valence-corrected chi connectivity index (χ0v) is 17.8. The summed E-state index contributed by atoms with van der Waals surface area (Å²) in [6, 6.07) is 14.3. The van der Waals surface area contributed by atoms with Crippen LogP contribution in [0.1, 0.15) is 43.2 Å². The van der Waals surface area contributed by atoms with Gasteiger partial charge in [-0.15, -0.1) is 0 Å². The number of sulfonamides is 1. The molecule has 1 aliphatic heterocycles. The van der Waals surface area contributed by atoms with Gasteiger partial charge in [0, 0.05) is 24.7 Å². The molecule has 1 aliphatic carbocycles. The van der Waals surface area contributed by atoms with Crippen LogP contribution in [0.25, 0.3) is 0 Å². The van der Waals surface area contributed by atoms with Crippen LogP contribution in [0.15, 0.2) is 53.4 Å². The van der Waals surface area contributed by atoms with Gasteiger partial charge >= 0.3 is 0 Å². The standard InChI is InChI=1S/C22H25ClN2O3S/c23-19-8-6-18(7-9-19)22(12-3-13-22)21(26)24-16-17-4-10-20(11-5-17)29(27,28)25-14-1-2-15-25/h4-11H,1-3,12-16H2,(H,24,26). The summed E-state index contributed by atoms with van der Waals surface area (Å²) in [7, 11) is -3.41. The summed E-state index contributed by atoms with van der Waals surface area (Å²) >= 11 is 5.98. The van der Waals surface area contributed by atoms with E-state index in [4.69, 9.17) is 11.6 Å². The molecule has 0 spiro atoms. The van der Waals surface area contributed by atoms with Crippen molar-refractivity contribution < 1.29 is 13.2 Å². The van der Waals surface area contributed by atoms with E-state index < -0.39 is 15.4 Å². The number of halogens is 1. The summed E-state index contributed by atoms with van der Waals surface area (Å²) in [5.74, 6) is 0.0137. The predicted octanol–water partition coefficient (Wildman–Crippen LogP) is 3.86. The molecule has 1 saturated heterocycles. The van der Waals surface area contributed by atoms with Crippen molar-refractivity contribution in [2.45, 2.75) is 49.0 Å². The van der Waals surface area contributed by atoms with Gasteiger partial charge in [-0.2, -0.15) is 4.31 Å². The molecule has 2 aromatic rings. The molecule has 0 unspecified atom stereocenters. The quantitative estimate of drug-likeness (QED) is 0.753. The van der Waals surface area contributed by atoms with Crippen LogP contribution in [0.3, 0.4) is 0 Å². The fraction of sp³-hybridized carbons (Fsp3) is 0.409. The van der Waals surface area contributed by atoms with Gasteiger partial charge in [0.1, 0.15) is 0 Å². The van der Waals surface area contributed by atoms with Gasteiger partial charge in [0.2, 0.25) is 15.9 Å². The minimum absolute atomic E-state index is 0.0137. The van der Waals surface area contributed by atoms with Crippen LogP contribution < -0.4 is 5.32 Å². The molecule has 0 aromatic heterocycles. The van der Waals surface area contributed by atoms with E-state index in [0.29, 0.717) is 29.6 Å². The normalized spacial score (nSPS) is 18.9. The first kappa shape index (κ1) is 20.4. The predicted molar refractivity (Wildman–Crippen MR) is 113 cm³/mol. The first-order valence-electron chi connectivity index (χ1n) is 10.1. The molecular formula is C22H25ClN2O3S. The zero-order valence-electron chi connectivity index (χ0n) is 16.2. The van der Waals surface area contributed by atoms with Crippen molar-refractivity contribution in [2.24, 2.45) is 0 Å². The number of nitrogens with one attached hydrogen (secondary N) is 1. The molecule has 2 fully saturated rings. The fourth-order valence-electron chi connectivity index (χ4n) is 4.15. The monoisotopic (exact) mass is 432 g/mol. The average molecular weight is 433 g/mol. The smallest absolute Gasteiger partial charge is 0.243 e. The Balaban J connectivity index is 1.42. The molecule has 2 aromatic carbocycles. The second-order valence-electron chi connectivity index (χ2n) is 7.88. The van der Waals surface area contributed by atoms with Crippen LogP contribution in [0.2, 0.25) is 5.02 Å². The number of carbonyl (C=O) groups excluding carboxylic acids is 1. The second-order valence-corrected chi connectivity index (χ2v) is 10.3. The van der Waals surface area contributed by atoms with Gasteiger partial charge in [-0.25, -0.2) is 8.42 Å². The van der Waals surface area contributed by atoms with Crippen LogP contribution in [0, 0.1) is 0 Å². The third-order valence-corrected chi connectivity index (χ3v) is 8.28.